The molecule has 358 valence electrons. The van der Waals surface area contributed by atoms with Crippen LogP contribution in [0.5, 0.6) is 0 Å². The van der Waals surface area contributed by atoms with Crippen molar-refractivity contribution in [2.75, 3.05) is 26.4 Å². The van der Waals surface area contributed by atoms with Crippen LogP contribution in [-0.2, 0) is 42.6 Å². The lowest BCUT2D eigenvalue weighted by Crippen LogP contribution is -2.69. The van der Waals surface area contributed by atoms with E-state index in [1.165, 1.54) is 6.92 Å². The minimum absolute atomic E-state index is 0.933. The SMILES string of the molecule is C[C@@H]1O[C@@H](OC2C(OC3C(O)C(O)OC(C(O)CO)C3O[C@@H]3O[C@H](CO)[C@@H](O)[C@H](O)[C@H]3O)OC(C(O)COC3OC(C(O)CO)C(O)C(O)C3O)C(O)C2O)[C@H](O)[C@H](O)[C@H]1O. The van der Waals surface area contributed by atoms with E-state index in [1.54, 1.807) is 0 Å². The molecule has 28 atom stereocenters. The van der Waals surface area contributed by atoms with E-state index in [0.717, 1.165) is 0 Å². The topological polar surface area (TPSA) is 467 Å². The highest BCUT2D eigenvalue weighted by atomic mass is 16.8. The fraction of sp³-hybridized carbons (Fsp3) is 1.00. The monoisotopic (exact) mass is 902 g/mol. The Morgan fingerprint density at radius 3 is 1.49 bits per heavy atom. The first kappa shape index (κ1) is 50.9. The van der Waals surface area contributed by atoms with Crippen molar-refractivity contribution < 1.29 is 140 Å². The Kier molecular flexibility index (Phi) is 17.9. The van der Waals surface area contributed by atoms with E-state index in [9.17, 15) is 97.0 Å². The zero-order valence-electron chi connectivity index (χ0n) is 32.2. The van der Waals surface area contributed by atoms with E-state index < -0.39 is 198 Å². The van der Waals surface area contributed by atoms with Crippen LogP contribution in [0.15, 0.2) is 0 Å². The van der Waals surface area contributed by atoms with Gasteiger partial charge >= 0.3 is 0 Å². The maximum Gasteiger partial charge on any atom is 0.187 e. The Bertz CT molecular complexity index is 1340. The van der Waals surface area contributed by atoms with Crippen LogP contribution < -0.4 is 0 Å². The van der Waals surface area contributed by atoms with Gasteiger partial charge in [0, 0.05) is 0 Å². The first-order valence-electron chi connectivity index (χ1n) is 19.3. The second kappa shape index (κ2) is 21.5. The van der Waals surface area contributed by atoms with Crippen LogP contribution >= 0.6 is 0 Å². The Labute approximate surface area is 345 Å². The van der Waals surface area contributed by atoms with E-state index >= 15 is 0 Å². The normalized spacial score (nSPS) is 51.4. The number of ether oxygens (including phenoxy) is 9. The predicted octanol–water partition coefficient (Wildman–Crippen LogP) is -12.8. The largest absolute Gasteiger partial charge is 0.394 e. The smallest absolute Gasteiger partial charge is 0.187 e. The molecule has 0 bridgehead atoms. The molecule has 0 spiro atoms. The third-order valence-electron chi connectivity index (χ3n) is 11.2. The molecule has 5 aliphatic rings. The summed E-state index contributed by atoms with van der Waals surface area (Å²) in [6.45, 7) is -2.75. The zero-order chi connectivity index (χ0) is 45.4. The van der Waals surface area contributed by atoms with Gasteiger partial charge in [0.1, 0.15) is 134 Å². The quantitative estimate of drug-likeness (QED) is 0.0725. The number of aliphatic hydroxyl groups is 19. The van der Waals surface area contributed by atoms with Crippen LogP contribution in [-0.4, -0.2) is 295 Å². The maximum atomic E-state index is 11.5. The second-order valence-corrected chi connectivity index (χ2v) is 15.5. The van der Waals surface area contributed by atoms with E-state index in [-0.39, 0.29) is 0 Å². The summed E-state index contributed by atoms with van der Waals surface area (Å²) in [5.41, 5.74) is 0. The van der Waals surface area contributed by atoms with Crippen LogP contribution in [0, 0.1) is 0 Å². The highest BCUT2D eigenvalue weighted by molar-refractivity contribution is 5.00. The molecule has 18 unspecified atom stereocenters. The van der Waals surface area contributed by atoms with Crippen molar-refractivity contribution in [1.29, 1.82) is 0 Å². The van der Waals surface area contributed by atoms with Gasteiger partial charge in [0.15, 0.2) is 31.5 Å². The molecule has 5 rings (SSSR count). The molecule has 61 heavy (non-hydrogen) atoms. The molecule has 0 saturated carbocycles. The minimum Gasteiger partial charge on any atom is -0.394 e. The standard InChI is InChI=1S/C33H58O28/c1-6-11(40)13(42)20(49)31(54-6)60-27-18(47)17(46)24(9(39)5-53-30-19(48)15(44)16(45)23(57-30)7(37)2-34)58-33(27)59-26-22(51)29(52)56-25(8(38)3-35)28(26)61-32-21(50)14(43)12(41)10(4-36)55-32/h6-52H,2-5H2,1H3/t6-,7?,8?,9?,10+,11-,12+,13+,14-,15?,16?,17?,18?,19?,20+,21+,22?,23?,24?,25?,26?,27?,28?,29?,30?,31-,32-,33?/m0/s1. The van der Waals surface area contributed by atoms with Gasteiger partial charge in [-0.1, -0.05) is 0 Å². The van der Waals surface area contributed by atoms with Crippen molar-refractivity contribution in [1.82, 2.24) is 0 Å². The lowest BCUT2D eigenvalue weighted by atomic mass is 9.92. The molecule has 0 radical (unpaired) electrons. The molecular weight excluding hydrogens is 844 g/mol. The van der Waals surface area contributed by atoms with Gasteiger partial charge in [-0.25, -0.2) is 0 Å². The van der Waals surface area contributed by atoms with Crippen molar-refractivity contribution in [3.63, 3.8) is 0 Å². The highest BCUT2D eigenvalue weighted by Gasteiger charge is 2.58. The molecule has 5 saturated heterocycles. The predicted molar refractivity (Wildman–Crippen MR) is 183 cm³/mol. The summed E-state index contributed by atoms with van der Waals surface area (Å²) >= 11 is 0. The second-order valence-electron chi connectivity index (χ2n) is 15.5. The van der Waals surface area contributed by atoms with Gasteiger partial charge in [0.2, 0.25) is 0 Å². The van der Waals surface area contributed by atoms with Crippen LogP contribution in [0.3, 0.4) is 0 Å². The van der Waals surface area contributed by atoms with Crippen LogP contribution in [0.4, 0.5) is 0 Å². The molecule has 19 N–H and O–H groups in total. The third-order valence-corrected chi connectivity index (χ3v) is 11.2. The molecule has 5 heterocycles. The number of aliphatic hydroxyl groups excluding tert-OH is 19. The van der Waals surface area contributed by atoms with Crippen molar-refractivity contribution in [3.05, 3.63) is 0 Å². The summed E-state index contributed by atoms with van der Waals surface area (Å²) in [5, 5.41) is 199. The lowest BCUT2D eigenvalue weighted by molar-refractivity contribution is -0.404. The lowest BCUT2D eigenvalue weighted by Gasteiger charge is -2.50. The number of hydrogen-bond donors (Lipinski definition) is 19. The average molecular weight is 903 g/mol. The van der Waals surface area contributed by atoms with Gasteiger partial charge in [-0.15, -0.1) is 0 Å². The molecule has 28 heteroatoms. The Morgan fingerprint density at radius 2 is 0.885 bits per heavy atom. The van der Waals surface area contributed by atoms with Crippen molar-refractivity contribution in [2.45, 2.75) is 179 Å². The summed E-state index contributed by atoms with van der Waals surface area (Å²) in [7, 11) is 0. The fourth-order valence-corrected chi connectivity index (χ4v) is 7.52. The molecule has 0 aliphatic carbocycles. The molecule has 0 aromatic carbocycles. The molecule has 5 fully saturated rings. The Morgan fingerprint density at radius 1 is 0.410 bits per heavy atom. The molecule has 0 aromatic heterocycles. The van der Waals surface area contributed by atoms with Gasteiger partial charge in [0.05, 0.1) is 32.5 Å². The van der Waals surface area contributed by atoms with Gasteiger partial charge in [0.25, 0.3) is 0 Å². The van der Waals surface area contributed by atoms with Crippen LogP contribution in [0.1, 0.15) is 6.92 Å². The van der Waals surface area contributed by atoms with Gasteiger partial charge in [-0.05, 0) is 6.92 Å². The summed E-state index contributed by atoms with van der Waals surface area (Å²) < 4.78 is 50.0. The van der Waals surface area contributed by atoms with E-state index in [4.69, 9.17) is 42.6 Å². The first-order chi connectivity index (χ1) is 28.7. The fourth-order valence-electron chi connectivity index (χ4n) is 7.52. The van der Waals surface area contributed by atoms with Crippen molar-refractivity contribution >= 4 is 0 Å². The van der Waals surface area contributed by atoms with Gasteiger partial charge < -0.3 is 140 Å². The van der Waals surface area contributed by atoms with Crippen molar-refractivity contribution in [3.8, 4) is 0 Å². The van der Waals surface area contributed by atoms with Crippen LogP contribution in [0.2, 0.25) is 0 Å². The Balaban J connectivity index is 1.46. The molecule has 0 aromatic rings. The number of rotatable bonds is 15. The molecular formula is C33H58O28. The summed E-state index contributed by atoms with van der Waals surface area (Å²) in [6, 6.07) is 0. The molecule has 5 aliphatic heterocycles. The third kappa shape index (κ3) is 10.6. The average Bonchev–Trinajstić information content (AvgIpc) is 3.24. The molecule has 28 nitrogen and oxygen atoms in total. The summed E-state index contributed by atoms with van der Waals surface area (Å²) in [5.74, 6) is 0. The van der Waals surface area contributed by atoms with Crippen molar-refractivity contribution in [2.24, 2.45) is 0 Å². The molecule has 0 amide bonds. The van der Waals surface area contributed by atoms with Crippen LogP contribution in [0.25, 0.3) is 0 Å². The van der Waals surface area contributed by atoms with Gasteiger partial charge in [-0.2, -0.15) is 0 Å². The minimum atomic E-state index is -2.30. The summed E-state index contributed by atoms with van der Waals surface area (Å²) in [6.07, 6.45) is -55.7. The van der Waals surface area contributed by atoms with E-state index in [1.807, 2.05) is 0 Å². The first-order valence-corrected chi connectivity index (χ1v) is 19.3. The summed E-state index contributed by atoms with van der Waals surface area (Å²) in [4.78, 5) is 0. The van der Waals surface area contributed by atoms with E-state index in [2.05, 4.69) is 0 Å². The van der Waals surface area contributed by atoms with E-state index in [0.29, 0.717) is 0 Å². The Hall–Kier alpha value is -1.12. The maximum absolute atomic E-state index is 11.5. The highest BCUT2D eigenvalue weighted by Crippen LogP contribution is 2.37. The zero-order valence-corrected chi connectivity index (χ0v) is 32.2. The number of hydrogen-bond acceptors (Lipinski definition) is 28. The van der Waals surface area contributed by atoms with Gasteiger partial charge in [-0.3, -0.25) is 0 Å².